The Balaban J connectivity index is 1.61. The number of likely N-dealkylation sites (tertiary alicyclic amines) is 1. The average Bonchev–Trinajstić information content (AvgIpc) is 3.38. The second-order valence-electron chi connectivity index (χ2n) is 7.49. The quantitative estimate of drug-likeness (QED) is 0.422. The van der Waals surface area contributed by atoms with Crippen LogP contribution in [-0.4, -0.2) is 46.8 Å². The van der Waals surface area contributed by atoms with E-state index in [0.29, 0.717) is 27.4 Å². The van der Waals surface area contributed by atoms with Crippen molar-refractivity contribution in [3.8, 4) is 11.5 Å². The van der Waals surface area contributed by atoms with Gasteiger partial charge in [0.15, 0.2) is 5.96 Å². The molecule has 7 nitrogen and oxygen atoms in total. The lowest BCUT2D eigenvalue weighted by molar-refractivity contribution is 0.0864. The number of rotatable bonds is 5. The minimum Gasteiger partial charge on any atom is -0.457 e. The van der Waals surface area contributed by atoms with Gasteiger partial charge in [-0.25, -0.2) is 0 Å². The molecule has 0 unspecified atom stereocenters. The van der Waals surface area contributed by atoms with Gasteiger partial charge in [-0.15, -0.1) is 0 Å². The molecule has 1 saturated heterocycles. The van der Waals surface area contributed by atoms with E-state index in [1.807, 2.05) is 24.3 Å². The first-order valence-electron chi connectivity index (χ1n) is 9.85. The zero-order chi connectivity index (χ0) is 21.3. The molecule has 8 heteroatoms. The lowest BCUT2D eigenvalue weighted by Gasteiger charge is -2.17. The summed E-state index contributed by atoms with van der Waals surface area (Å²) in [5.74, 6) is 0.637. The Morgan fingerprint density at radius 2 is 2.00 bits per heavy atom. The molecule has 1 aromatic heterocycles. The molecule has 2 heterocycles. The van der Waals surface area contributed by atoms with E-state index in [9.17, 15) is 4.79 Å². The van der Waals surface area contributed by atoms with Crippen LogP contribution in [0, 0.1) is 5.41 Å². The lowest BCUT2D eigenvalue weighted by Crippen LogP contribution is -2.38. The highest BCUT2D eigenvalue weighted by Crippen LogP contribution is 2.34. The second-order valence-corrected chi connectivity index (χ2v) is 7.90. The Morgan fingerprint density at radius 1 is 1.27 bits per heavy atom. The van der Waals surface area contributed by atoms with E-state index in [2.05, 4.69) is 16.0 Å². The van der Waals surface area contributed by atoms with E-state index in [1.54, 1.807) is 12.1 Å². The number of hydrogen-bond donors (Lipinski definition) is 3. The minimum absolute atomic E-state index is 0.302. The van der Waals surface area contributed by atoms with Crippen molar-refractivity contribution in [1.29, 1.82) is 5.41 Å². The maximum absolute atomic E-state index is 12.4. The number of ether oxygens (including phenoxy) is 1. The Hall–Kier alpha value is -3.03. The first-order chi connectivity index (χ1) is 14.4. The second kappa shape index (κ2) is 8.38. The van der Waals surface area contributed by atoms with Crippen LogP contribution in [0.4, 0.5) is 0 Å². The average molecular weight is 426 g/mol. The van der Waals surface area contributed by atoms with Gasteiger partial charge in [-0.1, -0.05) is 29.8 Å². The van der Waals surface area contributed by atoms with Gasteiger partial charge in [-0.3, -0.25) is 20.0 Å². The summed E-state index contributed by atoms with van der Waals surface area (Å²) in [6.45, 7) is 3.07. The smallest absolute Gasteiger partial charge is 0.276 e. The van der Waals surface area contributed by atoms with Gasteiger partial charge >= 0.3 is 0 Å². The number of nitrogens with two attached hydrogens (primary N) is 1. The number of fused-ring (bicyclic) bond motifs is 1. The van der Waals surface area contributed by atoms with Crippen molar-refractivity contribution in [2.45, 2.75) is 19.4 Å². The van der Waals surface area contributed by atoms with Crippen molar-refractivity contribution >= 4 is 34.4 Å². The topological polar surface area (TPSA) is 98.4 Å². The number of H-pyrrole nitrogens is 1. The van der Waals surface area contributed by atoms with E-state index in [0.717, 1.165) is 35.8 Å². The summed E-state index contributed by atoms with van der Waals surface area (Å²) in [5, 5.41) is 8.61. The molecule has 1 aliphatic rings. The number of benzene rings is 2. The van der Waals surface area contributed by atoms with Crippen molar-refractivity contribution in [3.05, 3.63) is 58.7 Å². The molecule has 1 amide bonds. The number of carbonyl (C=O) groups is 1. The number of aromatic amines is 1. The molecule has 1 aliphatic heterocycles. The van der Waals surface area contributed by atoms with Crippen LogP contribution in [0.2, 0.25) is 5.02 Å². The number of nitrogens with one attached hydrogen (secondary N) is 2. The summed E-state index contributed by atoms with van der Waals surface area (Å²) < 4.78 is 6.18. The number of para-hydroxylation sites is 1. The highest BCUT2D eigenvalue weighted by molar-refractivity contribution is 6.35. The van der Waals surface area contributed by atoms with Gasteiger partial charge in [-0.05, 0) is 38.1 Å². The summed E-state index contributed by atoms with van der Waals surface area (Å²) in [6, 6.07) is 13.2. The third-order valence-electron chi connectivity index (χ3n) is 5.35. The molecule has 0 radical (unpaired) electrons. The van der Waals surface area contributed by atoms with Crippen LogP contribution in [0.15, 0.2) is 42.5 Å². The third kappa shape index (κ3) is 4.13. The van der Waals surface area contributed by atoms with Gasteiger partial charge in [0.2, 0.25) is 0 Å². The van der Waals surface area contributed by atoms with Gasteiger partial charge in [0, 0.05) is 36.7 Å². The molecule has 30 heavy (non-hydrogen) atoms. The fraction of sp³-hybridized carbons (Fsp3) is 0.273. The van der Waals surface area contributed by atoms with Gasteiger partial charge in [0.1, 0.15) is 17.2 Å². The zero-order valence-corrected chi connectivity index (χ0v) is 17.5. The summed E-state index contributed by atoms with van der Waals surface area (Å²) in [5.41, 5.74) is 7.51. The van der Waals surface area contributed by atoms with Crippen LogP contribution in [0.3, 0.4) is 0 Å². The molecule has 0 atom stereocenters. The summed E-state index contributed by atoms with van der Waals surface area (Å²) in [7, 11) is 1.45. The third-order valence-corrected chi connectivity index (χ3v) is 5.66. The maximum Gasteiger partial charge on any atom is 0.276 e. The molecule has 4 N–H and O–H groups in total. The van der Waals surface area contributed by atoms with Crippen LogP contribution >= 0.6 is 11.6 Å². The number of aromatic nitrogens is 1. The van der Waals surface area contributed by atoms with E-state index >= 15 is 0 Å². The fourth-order valence-electron chi connectivity index (χ4n) is 3.68. The van der Waals surface area contributed by atoms with E-state index in [4.69, 9.17) is 27.5 Å². The fourth-order valence-corrected chi connectivity index (χ4v) is 3.94. The van der Waals surface area contributed by atoms with E-state index < -0.39 is 5.91 Å². The predicted octanol–water partition coefficient (Wildman–Crippen LogP) is 4.17. The standard InChI is InChI=1S/C22H24ClN5O2/c1-27(22(24)25)21(29)19-12-16-17(23)10-15(11-18(16)26-19)30-20-7-3-2-6-14(20)13-28-8-4-5-9-28/h2-3,6-7,10-12,26H,4-5,8-9,13H2,1H3,(H3,24,25). The maximum atomic E-state index is 12.4. The Morgan fingerprint density at radius 3 is 2.73 bits per heavy atom. The molecule has 0 spiro atoms. The van der Waals surface area contributed by atoms with Crippen LogP contribution in [-0.2, 0) is 6.54 Å². The van der Waals surface area contributed by atoms with Gasteiger partial charge in [0.05, 0.1) is 10.5 Å². The molecule has 4 rings (SSSR count). The number of carbonyl (C=O) groups excluding carboxylic acids is 1. The van der Waals surface area contributed by atoms with Crippen LogP contribution in [0.25, 0.3) is 10.9 Å². The number of halogens is 1. The SMILES string of the molecule is CN(C(=N)N)C(=O)c1cc2c(Cl)cc(Oc3ccccc3CN3CCCC3)cc2[nH]1. The first kappa shape index (κ1) is 20.3. The van der Waals surface area contributed by atoms with Crippen LogP contribution in [0.5, 0.6) is 11.5 Å². The molecule has 0 saturated carbocycles. The van der Waals surface area contributed by atoms with E-state index in [1.165, 1.54) is 19.9 Å². The van der Waals surface area contributed by atoms with Crippen molar-refractivity contribution in [2.75, 3.05) is 20.1 Å². The summed E-state index contributed by atoms with van der Waals surface area (Å²) in [4.78, 5) is 19.0. The molecular weight excluding hydrogens is 402 g/mol. The molecule has 3 aromatic rings. The van der Waals surface area contributed by atoms with Gasteiger partial charge in [-0.2, -0.15) is 0 Å². The van der Waals surface area contributed by atoms with Gasteiger partial charge in [0.25, 0.3) is 5.91 Å². The Kier molecular flexibility index (Phi) is 5.65. The Bertz CT molecular complexity index is 1100. The molecular formula is C22H24ClN5O2. The normalized spacial score (nSPS) is 14.2. The Labute approximate surface area is 179 Å². The van der Waals surface area contributed by atoms with E-state index in [-0.39, 0.29) is 5.96 Å². The highest BCUT2D eigenvalue weighted by atomic mass is 35.5. The van der Waals surface area contributed by atoms with Crippen LogP contribution < -0.4 is 10.5 Å². The van der Waals surface area contributed by atoms with Crippen molar-refractivity contribution in [3.63, 3.8) is 0 Å². The number of nitrogens with zero attached hydrogens (tertiary/aromatic N) is 2. The van der Waals surface area contributed by atoms with Crippen LogP contribution in [0.1, 0.15) is 28.9 Å². The van der Waals surface area contributed by atoms with Crippen molar-refractivity contribution < 1.29 is 9.53 Å². The molecule has 0 bridgehead atoms. The lowest BCUT2D eigenvalue weighted by atomic mass is 10.2. The number of amides is 1. The minimum atomic E-state index is -0.409. The number of guanidine groups is 1. The van der Waals surface area contributed by atoms with Crippen molar-refractivity contribution in [2.24, 2.45) is 5.73 Å². The highest BCUT2D eigenvalue weighted by Gasteiger charge is 2.19. The molecule has 156 valence electrons. The van der Waals surface area contributed by atoms with Crippen molar-refractivity contribution in [1.82, 2.24) is 14.8 Å². The molecule has 0 aliphatic carbocycles. The van der Waals surface area contributed by atoms with Gasteiger partial charge < -0.3 is 15.5 Å². The summed E-state index contributed by atoms with van der Waals surface area (Å²) >= 11 is 6.47. The predicted molar refractivity (Wildman–Crippen MR) is 118 cm³/mol. The monoisotopic (exact) mass is 425 g/mol. The first-order valence-corrected chi connectivity index (χ1v) is 10.2. The summed E-state index contributed by atoms with van der Waals surface area (Å²) in [6.07, 6.45) is 2.48. The molecule has 2 aromatic carbocycles. The number of hydrogen-bond acceptors (Lipinski definition) is 4. The molecule has 1 fully saturated rings. The zero-order valence-electron chi connectivity index (χ0n) is 16.7. The largest absolute Gasteiger partial charge is 0.457 e.